The molecule has 0 radical (unpaired) electrons. The minimum atomic E-state index is -1.90. The topological polar surface area (TPSA) is 0 Å². The maximum Gasteiger partial charge on any atom is 0.0723 e. The summed E-state index contributed by atoms with van der Waals surface area (Å²) in [5.41, 5.74) is 14.1. The van der Waals surface area contributed by atoms with E-state index < -0.39 is 8.07 Å². The molecule has 0 aliphatic heterocycles. The molecule has 2 heterocycles. The summed E-state index contributed by atoms with van der Waals surface area (Å²) in [6.07, 6.45) is 7.47. The molecule has 0 N–H and O–H groups in total. The molecule has 39 heavy (non-hydrogen) atoms. The molecule has 0 saturated heterocycles. The molecular weight excluding hydrogens is 525 g/mol. The number of benzene rings is 2. The summed E-state index contributed by atoms with van der Waals surface area (Å²) in [7, 11) is -1.90. The van der Waals surface area contributed by atoms with E-state index in [1.165, 1.54) is 38.5 Å². The minimum Gasteiger partial charge on any atom is -0.135 e. The summed E-state index contributed by atoms with van der Waals surface area (Å²) >= 11 is 4.19. The van der Waals surface area contributed by atoms with E-state index in [-0.39, 0.29) is 0 Å². The van der Waals surface area contributed by atoms with Gasteiger partial charge in [0, 0.05) is 30.2 Å². The third kappa shape index (κ3) is 4.02. The van der Waals surface area contributed by atoms with Crippen molar-refractivity contribution < 1.29 is 0 Å². The molecule has 2 aromatic heterocycles. The van der Waals surface area contributed by atoms with E-state index in [2.05, 4.69) is 114 Å². The van der Waals surface area contributed by atoms with Crippen molar-refractivity contribution in [2.45, 2.75) is 104 Å². The first-order chi connectivity index (χ1) is 18.7. The number of unbranched alkanes of at least 4 members (excludes halogenated alkanes) is 2. The third-order valence-corrected chi connectivity index (χ3v) is 17.3. The highest BCUT2D eigenvalue weighted by atomic mass is 32.1. The van der Waals surface area contributed by atoms with Crippen molar-refractivity contribution in [3.8, 4) is 0 Å². The van der Waals surface area contributed by atoms with Gasteiger partial charge in [-0.15, -0.1) is 22.7 Å². The molecule has 4 aromatic rings. The average molecular weight is 569 g/mol. The molecule has 2 unspecified atom stereocenters. The molecule has 0 bridgehead atoms. The molecule has 0 amide bonds. The molecule has 204 valence electrons. The number of allylic oxidation sites excluding steroid dienone is 4. The lowest BCUT2D eigenvalue weighted by Crippen LogP contribution is -2.42. The van der Waals surface area contributed by atoms with Gasteiger partial charge >= 0.3 is 0 Å². The summed E-state index contributed by atoms with van der Waals surface area (Å²) in [5.74, 6) is 0. The van der Waals surface area contributed by atoms with Gasteiger partial charge in [-0.25, -0.2) is 0 Å². The Morgan fingerprint density at radius 2 is 1.05 bits per heavy atom. The lowest BCUT2D eigenvalue weighted by molar-refractivity contribution is 0.799. The molecule has 2 atom stereocenters. The molecule has 2 aliphatic carbocycles. The van der Waals surface area contributed by atoms with E-state index in [1.807, 2.05) is 0 Å². The number of rotatable bonds is 8. The molecule has 3 heteroatoms. The van der Waals surface area contributed by atoms with Gasteiger partial charge in [-0.3, -0.25) is 0 Å². The predicted molar refractivity (Wildman–Crippen MR) is 180 cm³/mol. The van der Waals surface area contributed by atoms with E-state index in [0.717, 1.165) is 0 Å². The second kappa shape index (κ2) is 10.2. The average Bonchev–Trinajstić information content (AvgIpc) is 3.62. The number of hydrogen-bond donors (Lipinski definition) is 0. The van der Waals surface area contributed by atoms with Crippen molar-refractivity contribution in [3.63, 3.8) is 0 Å². The van der Waals surface area contributed by atoms with Gasteiger partial charge in [0.25, 0.3) is 0 Å². The van der Waals surface area contributed by atoms with Gasteiger partial charge in [-0.05, 0) is 97.6 Å². The van der Waals surface area contributed by atoms with Gasteiger partial charge in [0.05, 0.1) is 8.07 Å². The Balaban J connectivity index is 1.52. The first kappa shape index (κ1) is 27.2. The van der Waals surface area contributed by atoms with Gasteiger partial charge in [-0.2, -0.15) is 0 Å². The molecule has 0 fully saturated rings. The summed E-state index contributed by atoms with van der Waals surface area (Å²) in [6.45, 7) is 19.8. The maximum absolute atomic E-state index is 2.72. The fourth-order valence-corrected chi connectivity index (χ4v) is 16.1. The standard InChI is InChI=1S/C36H44S2Si/c1-9-11-15-25-17-13-19-27-29-31(37-33(25)27)21(3)23(5)35(29)39(7,8)36-24(6)22(4)32-30(36)28-20-14-18-26(16-12-10-2)34(28)38-32/h13-14,17-20,35-36H,9-12,15-16H2,1-8H3. The highest BCUT2D eigenvalue weighted by Gasteiger charge is 2.50. The van der Waals surface area contributed by atoms with Gasteiger partial charge in [0.15, 0.2) is 0 Å². The molecule has 2 aliphatic rings. The lowest BCUT2D eigenvalue weighted by atomic mass is 10.0. The van der Waals surface area contributed by atoms with Crippen LogP contribution in [0.25, 0.3) is 31.3 Å². The largest absolute Gasteiger partial charge is 0.135 e. The zero-order valence-corrected chi connectivity index (χ0v) is 27.8. The van der Waals surface area contributed by atoms with Crippen molar-refractivity contribution in [3.05, 3.63) is 79.6 Å². The second-order valence-electron chi connectivity index (χ2n) is 12.8. The minimum absolute atomic E-state index is 0.569. The van der Waals surface area contributed by atoms with Crippen LogP contribution in [0.1, 0.15) is 110 Å². The Morgan fingerprint density at radius 3 is 1.44 bits per heavy atom. The molecule has 6 rings (SSSR count). The van der Waals surface area contributed by atoms with Crippen LogP contribution in [0, 0.1) is 0 Å². The number of fused-ring (bicyclic) bond motifs is 6. The highest BCUT2D eigenvalue weighted by molar-refractivity contribution is 7.21. The summed E-state index contributed by atoms with van der Waals surface area (Å²) in [6, 6.07) is 14.3. The van der Waals surface area contributed by atoms with E-state index in [9.17, 15) is 0 Å². The molecular formula is C36H44S2Si. The molecule has 0 nitrogen and oxygen atoms in total. The van der Waals surface area contributed by atoms with Crippen LogP contribution in [0.3, 0.4) is 0 Å². The van der Waals surface area contributed by atoms with Crippen molar-refractivity contribution in [2.75, 3.05) is 0 Å². The third-order valence-electron chi connectivity index (χ3n) is 10.1. The number of thiophene rings is 2. The number of aryl methyl sites for hydroxylation is 2. The van der Waals surface area contributed by atoms with Crippen molar-refractivity contribution >= 4 is 62.1 Å². The van der Waals surface area contributed by atoms with E-state index >= 15 is 0 Å². The van der Waals surface area contributed by atoms with Crippen LogP contribution < -0.4 is 0 Å². The van der Waals surface area contributed by atoms with E-state index in [1.54, 1.807) is 74.5 Å². The van der Waals surface area contributed by atoms with Crippen molar-refractivity contribution in [1.29, 1.82) is 0 Å². The Hall–Kier alpha value is -1.94. The van der Waals surface area contributed by atoms with E-state index in [4.69, 9.17) is 0 Å². The monoisotopic (exact) mass is 568 g/mol. The summed E-state index contributed by atoms with van der Waals surface area (Å²) < 4.78 is 3.13. The van der Waals surface area contributed by atoms with Crippen molar-refractivity contribution in [2.24, 2.45) is 0 Å². The summed E-state index contributed by atoms with van der Waals surface area (Å²) in [4.78, 5) is 3.18. The van der Waals surface area contributed by atoms with E-state index in [0.29, 0.717) is 11.1 Å². The maximum atomic E-state index is 2.72. The van der Waals surface area contributed by atoms with Crippen LogP contribution in [-0.4, -0.2) is 8.07 Å². The molecule has 0 spiro atoms. The fourth-order valence-electron chi connectivity index (χ4n) is 7.90. The summed E-state index contributed by atoms with van der Waals surface area (Å²) in [5, 5.41) is 3.11. The quantitative estimate of drug-likeness (QED) is 0.185. The smallest absolute Gasteiger partial charge is 0.0723 e. The number of hydrogen-bond acceptors (Lipinski definition) is 2. The lowest BCUT2D eigenvalue weighted by Gasteiger charge is -2.39. The first-order valence-corrected chi connectivity index (χ1v) is 19.9. The van der Waals surface area contributed by atoms with Crippen LogP contribution in [0.5, 0.6) is 0 Å². The first-order valence-electron chi connectivity index (χ1n) is 15.2. The van der Waals surface area contributed by atoms with Gasteiger partial charge in [0.2, 0.25) is 0 Å². The van der Waals surface area contributed by atoms with Gasteiger partial charge < -0.3 is 0 Å². The van der Waals surface area contributed by atoms with Crippen LogP contribution in [0.2, 0.25) is 13.1 Å². The Morgan fingerprint density at radius 1 is 0.641 bits per heavy atom. The van der Waals surface area contributed by atoms with Gasteiger partial charge in [-0.1, -0.05) is 87.3 Å². The van der Waals surface area contributed by atoms with Crippen LogP contribution in [0.4, 0.5) is 0 Å². The zero-order valence-electron chi connectivity index (χ0n) is 25.2. The zero-order chi connectivity index (χ0) is 27.6. The molecule has 2 aromatic carbocycles. The molecule has 0 saturated carbocycles. The Bertz CT molecular complexity index is 1530. The van der Waals surface area contributed by atoms with Crippen molar-refractivity contribution in [1.82, 2.24) is 0 Å². The normalized spacial score (nSPS) is 19.2. The van der Waals surface area contributed by atoms with Gasteiger partial charge in [0.1, 0.15) is 0 Å². The fraction of sp³-hybridized carbons (Fsp3) is 0.444. The van der Waals surface area contributed by atoms with Crippen LogP contribution in [0.15, 0.2) is 47.5 Å². The highest BCUT2D eigenvalue weighted by Crippen LogP contribution is 2.60. The SMILES string of the molecule is CCCCc1cccc2c3c(sc12)C(C)=C(C)C3[Si](C)(C)C1C(C)=C(C)c2sc3c(CCCC)cccc3c21. The Kier molecular flexibility index (Phi) is 7.09. The Labute approximate surface area is 244 Å². The predicted octanol–water partition coefficient (Wildman–Crippen LogP) is 12.1. The van der Waals surface area contributed by atoms with Crippen LogP contribution >= 0.6 is 22.7 Å². The second-order valence-corrected chi connectivity index (χ2v) is 19.6. The van der Waals surface area contributed by atoms with Crippen LogP contribution in [-0.2, 0) is 12.8 Å².